The van der Waals surface area contributed by atoms with Gasteiger partial charge in [0.25, 0.3) is 0 Å². The molecule has 0 atom stereocenters. The number of hydrogen-bond donors (Lipinski definition) is 1. The van der Waals surface area contributed by atoms with Crippen LogP contribution in [0, 0.1) is 0 Å². The van der Waals surface area contributed by atoms with Gasteiger partial charge in [-0.1, -0.05) is 23.7 Å². The summed E-state index contributed by atoms with van der Waals surface area (Å²) in [6.07, 6.45) is 3.34. The molecule has 20 heavy (non-hydrogen) atoms. The van der Waals surface area contributed by atoms with Crippen molar-refractivity contribution in [1.82, 2.24) is 24.2 Å². The molecule has 0 unspecified atom stereocenters. The number of hydrogen-bond acceptors (Lipinski definition) is 3. The molecule has 7 heteroatoms. The molecule has 0 bridgehead atoms. The zero-order valence-electron chi connectivity index (χ0n) is 10.1. The van der Waals surface area contributed by atoms with Crippen LogP contribution in [0.5, 0.6) is 0 Å². The number of halogens is 1. The Hall–Kier alpha value is -2.60. The topological polar surface area (TPSA) is 67.5 Å². The van der Waals surface area contributed by atoms with Crippen LogP contribution < -0.4 is 5.69 Å². The predicted octanol–water partition coefficient (Wildman–Crippen LogP) is 1.99. The van der Waals surface area contributed by atoms with E-state index in [2.05, 4.69) is 15.3 Å². The molecule has 4 rings (SSSR count). The molecule has 0 aliphatic rings. The number of aromatic amines is 1. The lowest BCUT2D eigenvalue weighted by molar-refractivity contribution is 0.936. The number of benzene rings is 1. The lowest BCUT2D eigenvalue weighted by Crippen LogP contribution is -2.09. The highest BCUT2D eigenvalue weighted by atomic mass is 35.5. The second-order valence-corrected chi connectivity index (χ2v) is 4.83. The third-order valence-corrected chi connectivity index (χ3v) is 3.38. The fourth-order valence-electron chi connectivity index (χ4n) is 2.22. The molecule has 0 aliphatic carbocycles. The average Bonchev–Trinajstić information content (AvgIpc) is 3.02. The molecule has 0 amide bonds. The van der Waals surface area contributed by atoms with E-state index in [9.17, 15) is 4.79 Å². The van der Waals surface area contributed by atoms with E-state index in [1.54, 1.807) is 16.9 Å². The lowest BCUT2D eigenvalue weighted by Gasteiger charge is -1.95. The Morgan fingerprint density at radius 1 is 1.20 bits per heavy atom. The van der Waals surface area contributed by atoms with Gasteiger partial charge in [-0.05, 0) is 18.2 Å². The first kappa shape index (κ1) is 11.2. The predicted molar refractivity (Wildman–Crippen MR) is 75.0 cm³/mol. The van der Waals surface area contributed by atoms with Gasteiger partial charge in [0.2, 0.25) is 0 Å². The second-order valence-electron chi connectivity index (χ2n) is 4.39. The summed E-state index contributed by atoms with van der Waals surface area (Å²) in [5.74, 6) is 0. The summed E-state index contributed by atoms with van der Waals surface area (Å²) in [5.41, 5.74) is 2.71. The van der Waals surface area contributed by atoms with Crippen LogP contribution in [0.3, 0.4) is 0 Å². The van der Waals surface area contributed by atoms with Crippen molar-refractivity contribution >= 4 is 22.8 Å². The highest BCUT2D eigenvalue weighted by Gasteiger charge is 2.10. The number of nitrogens with zero attached hydrogens (tertiary/aromatic N) is 4. The maximum Gasteiger partial charge on any atom is 0.347 e. The zero-order chi connectivity index (χ0) is 13.7. The Kier molecular flexibility index (Phi) is 2.22. The van der Waals surface area contributed by atoms with Gasteiger partial charge < -0.3 is 0 Å². The van der Waals surface area contributed by atoms with E-state index in [1.807, 2.05) is 30.3 Å². The summed E-state index contributed by atoms with van der Waals surface area (Å²) in [6.45, 7) is 0. The van der Waals surface area contributed by atoms with Crippen molar-refractivity contribution in [2.45, 2.75) is 0 Å². The van der Waals surface area contributed by atoms with Crippen LogP contribution >= 0.6 is 11.6 Å². The van der Waals surface area contributed by atoms with Gasteiger partial charge in [-0.15, -0.1) is 0 Å². The molecular weight excluding hydrogens is 278 g/mol. The number of rotatable bonds is 1. The molecule has 1 N–H and O–H groups in total. The van der Waals surface area contributed by atoms with E-state index in [1.165, 1.54) is 4.40 Å². The molecule has 0 radical (unpaired) electrons. The molecule has 0 aliphatic heterocycles. The fraction of sp³-hybridized carbons (Fsp3) is 0. The minimum absolute atomic E-state index is 0.270. The third-order valence-electron chi connectivity index (χ3n) is 3.15. The van der Waals surface area contributed by atoms with Crippen molar-refractivity contribution in [1.29, 1.82) is 0 Å². The van der Waals surface area contributed by atoms with Gasteiger partial charge in [-0.2, -0.15) is 10.2 Å². The minimum atomic E-state index is -0.270. The summed E-state index contributed by atoms with van der Waals surface area (Å²) in [4.78, 5) is 11.5. The molecule has 6 nitrogen and oxygen atoms in total. The smallest absolute Gasteiger partial charge is 0.247 e. The van der Waals surface area contributed by atoms with Gasteiger partial charge in [0.05, 0.1) is 5.69 Å². The zero-order valence-corrected chi connectivity index (χ0v) is 10.9. The Labute approximate surface area is 117 Å². The molecule has 98 valence electrons. The van der Waals surface area contributed by atoms with Crippen LogP contribution in [-0.2, 0) is 0 Å². The van der Waals surface area contributed by atoms with Gasteiger partial charge >= 0.3 is 5.69 Å². The Bertz CT molecular complexity index is 997. The van der Waals surface area contributed by atoms with Gasteiger partial charge in [-0.25, -0.2) is 18.8 Å². The van der Waals surface area contributed by atoms with E-state index < -0.39 is 0 Å². The van der Waals surface area contributed by atoms with Crippen LogP contribution in [-0.4, -0.2) is 24.2 Å². The van der Waals surface area contributed by atoms with Crippen LogP contribution in [0.4, 0.5) is 0 Å². The lowest BCUT2D eigenvalue weighted by atomic mass is 10.1. The van der Waals surface area contributed by atoms with Crippen molar-refractivity contribution in [3.63, 3.8) is 0 Å². The minimum Gasteiger partial charge on any atom is -0.247 e. The molecule has 3 heterocycles. The van der Waals surface area contributed by atoms with Gasteiger partial charge in [0, 0.05) is 23.0 Å². The Morgan fingerprint density at radius 3 is 2.95 bits per heavy atom. The van der Waals surface area contributed by atoms with E-state index in [0.29, 0.717) is 10.7 Å². The van der Waals surface area contributed by atoms with Gasteiger partial charge in [0.1, 0.15) is 5.52 Å². The van der Waals surface area contributed by atoms with Crippen molar-refractivity contribution < 1.29 is 0 Å². The van der Waals surface area contributed by atoms with Crippen LogP contribution in [0.25, 0.3) is 22.4 Å². The van der Waals surface area contributed by atoms with Gasteiger partial charge in [0.15, 0.2) is 5.65 Å². The first-order chi connectivity index (χ1) is 9.72. The van der Waals surface area contributed by atoms with Crippen LogP contribution in [0.2, 0.25) is 5.02 Å². The summed E-state index contributed by atoms with van der Waals surface area (Å²) < 4.78 is 3.13. The standard InChI is InChI=1S/C13H8ClN5O/c14-9-3-1-2-8(6-9)10-7-11-12-15-16-13(20)18(12)4-5-19(11)17-10/h1-7H,(H,16,20). The first-order valence-corrected chi connectivity index (χ1v) is 6.31. The number of fused-ring (bicyclic) bond motifs is 3. The van der Waals surface area contributed by atoms with Crippen molar-refractivity contribution in [3.8, 4) is 11.3 Å². The maximum atomic E-state index is 11.5. The van der Waals surface area contributed by atoms with Crippen LogP contribution in [0.1, 0.15) is 0 Å². The highest BCUT2D eigenvalue weighted by Crippen LogP contribution is 2.23. The third kappa shape index (κ3) is 1.55. The second kappa shape index (κ2) is 3.94. The number of H-pyrrole nitrogens is 1. The summed E-state index contributed by atoms with van der Waals surface area (Å²) in [6, 6.07) is 9.34. The molecule has 0 saturated heterocycles. The van der Waals surface area contributed by atoms with E-state index in [-0.39, 0.29) is 5.69 Å². The largest absolute Gasteiger partial charge is 0.347 e. The highest BCUT2D eigenvalue weighted by molar-refractivity contribution is 6.30. The van der Waals surface area contributed by atoms with Crippen LogP contribution in [0.15, 0.2) is 47.5 Å². The molecule has 4 aromatic rings. The number of nitrogens with one attached hydrogen (secondary N) is 1. The fourth-order valence-corrected chi connectivity index (χ4v) is 2.41. The Balaban J connectivity index is 2.03. The van der Waals surface area contributed by atoms with Crippen molar-refractivity contribution in [2.24, 2.45) is 0 Å². The monoisotopic (exact) mass is 285 g/mol. The first-order valence-electron chi connectivity index (χ1n) is 5.93. The summed E-state index contributed by atoms with van der Waals surface area (Å²) in [7, 11) is 0. The maximum absolute atomic E-state index is 11.5. The SMILES string of the molecule is O=c1[nH]nc2c3cc(-c4cccc(Cl)c4)nn3ccn12. The van der Waals surface area contributed by atoms with Crippen molar-refractivity contribution in [2.75, 3.05) is 0 Å². The van der Waals surface area contributed by atoms with Crippen molar-refractivity contribution in [3.05, 3.63) is 58.2 Å². The quantitative estimate of drug-likeness (QED) is 0.581. The normalized spacial score (nSPS) is 11.4. The molecule has 0 fully saturated rings. The summed E-state index contributed by atoms with van der Waals surface area (Å²) in [5, 5.41) is 11.6. The molecule has 1 aromatic carbocycles. The molecule has 0 spiro atoms. The van der Waals surface area contributed by atoms with E-state index in [4.69, 9.17) is 11.6 Å². The molecular formula is C13H8ClN5O. The number of aromatic nitrogens is 5. The Morgan fingerprint density at radius 2 is 2.10 bits per heavy atom. The molecule has 3 aromatic heterocycles. The molecule has 0 saturated carbocycles. The average molecular weight is 286 g/mol. The van der Waals surface area contributed by atoms with E-state index in [0.717, 1.165) is 16.8 Å². The van der Waals surface area contributed by atoms with Gasteiger partial charge in [-0.3, -0.25) is 0 Å². The van der Waals surface area contributed by atoms with E-state index >= 15 is 0 Å². The summed E-state index contributed by atoms with van der Waals surface area (Å²) >= 11 is 5.99.